The standard InChI is InChI=1S/C16H14O2/c17-11-13-6-2-4-8-15(13)18-16-10-9-12-5-1-3-7-14(12)16/h1-8,11,16H,9-10H2. The molecule has 0 fully saturated rings. The third kappa shape index (κ3) is 1.90. The molecule has 2 heteroatoms. The fourth-order valence-corrected chi connectivity index (χ4v) is 2.48. The van der Waals surface area contributed by atoms with Gasteiger partial charge in [-0.05, 0) is 36.1 Å². The Labute approximate surface area is 106 Å². The minimum absolute atomic E-state index is 0.0716. The van der Waals surface area contributed by atoms with Crippen molar-refractivity contribution in [1.29, 1.82) is 0 Å². The summed E-state index contributed by atoms with van der Waals surface area (Å²) in [6.07, 6.45) is 2.94. The van der Waals surface area contributed by atoms with E-state index in [-0.39, 0.29) is 6.10 Å². The van der Waals surface area contributed by atoms with Crippen LogP contribution >= 0.6 is 0 Å². The number of hydrogen-bond donors (Lipinski definition) is 0. The molecular weight excluding hydrogens is 224 g/mol. The number of aldehydes is 1. The predicted molar refractivity (Wildman–Crippen MR) is 70.0 cm³/mol. The van der Waals surface area contributed by atoms with Crippen molar-refractivity contribution in [3.05, 3.63) is 65.2 Å². The van der Waals surface area contributed by atoms with E-state index >= 15 is 0 Å². The maximum Gasteiger partial charge on any atom is 0.153 e. The van der Waals surface area contributed by atoms with E-state index in [1.165, 1.54) is 11.1 Å². The van der Waals surface area contributed by atoms with E-state index in [0.29, 0.717) is 11.3 Å². The number of hydrogen-bond acceptors (Lipinski definition) is 2. The van der Waals surface area contributed by atoms with Crippen LogP contribution in [0, 0.1) is 0 Å². The first kappa shape index (κ1) is 11.0. The molecule has 0 aliphatic heterocycles. The summed E-state index contributed by atoms with van der Waals surface area (Å²) in [5.41, 5.74) is 3.21. The van der Waals surface area contributed by atoms with Crippen LogP contribution in [0.1, 0.15) is 34.0 Å². The molecule has 0 bridgehead atoms. The van der Waals surface area contributed by atoms with E-state index < -0.39 is 0 Å². The molecule has 2 aromatic rings. The van der Waals surface area contributed by atoms with Gasteiger partial charge in [-0.25, -0.2) is 0 Å². The van der Waals surface area contributed by atoms with Crippen LogP contribution in [0.4, 0.5) is 0 Å². The van der Waals surface area contributed by atoms with Crippen molar-refractivity contribution in [2.24, 2.45) is 0 Å². The van der Waals surface area contributed by atoms with Gasteiger partial charge in [0.15, 0.2) is 6.29 Å². The van der Waals surface area contributed by atoms with Crippen molar-refractivity contribution in [2.75, 3.05) is 0 Å². The highest BCUT2D eigenvalue weighted by Crippen LogP contribution is 2.35. The summed E-state index contributed by atoms with van der Waals surface area (Å²) in [6, 6.07) is 15.7. The van der Waals surface area contributed by atoms with Crippen molar-refractivity contribution in [3.8, 4) is 5.75 Å². The number of carbonyl (C=O) groups excluding carboxylic acids is 1. The number of carbonyl (C=O) groups is 1. The minimum atomic E-state index is 0.0716. The molecule has 18 heavy (non-hydrogen) atoms. The molecule has 0 heterocycles. The first-order valence-corrected chi connectivity index (χ1v) is 6.17. The summed E-state index contributed by atoms with van der Waals surface area (Å²) in [4.78, 5) is 11.0. The fourth-order valence-electron chi connectivity index (χ4n) is 2.48. The molecular formula is C16H14O2. The Morgan fingerprint density at radius 3 is 2.72 bits per heavy atom. The van der Waals surface area contributed by atoms with Crippen molar-refractivity contribution in [2.45, 2.75) is 18.9 Å². The number of benzene rings is 2. The molecule has 0 amide bonds. The Bertz CT molecular complexity index is 575. The van der Waals surface area contributed by atoms with Crippen LogP contribution < -0.4 is 4.74 Å². The molecule has 90 valence electrons. The van der Waals surface area contributed by atoms with Gasteiger partial charge in [0.05, 0.1) is 5.56 Å². The van der Waals surface area contributed by atoms with E-state index in [2.05, 4.69) is 18.2 Å². The van der Waals surface area contributed by atoms with Crippen LogP contribution in [-0.2, 0) is 6.42 Å². The van der Waals surface area contributed by atoms with Gasteiger partial charge in [0.25, 0.3) is 0 Å². The lowest BCUT2D eigenvalue weighted by Crippen LogP contribution is -2.05. The normalized spacial score (nSPS) is 17.2. The number of rotatable bonds is 3. The monoisotopic (exact) mass is 238 g/mol. The molecule has 0 aromatic heterocycles. The summed E-state index contributed by atoms with van der Waals surface area (Å²) < 4.78 is 5.99. The summed E-state index contributed by atoms with van der Waals surface area (Å²) >= 11 is 0. The number of fused-ring (bicyclic) bond motifs is 1. The molecule has 0 spiro atoms. The lowest BCUT2D eigenvalue weighted by molar-refractivity contribution is 0.111. The van der Waals surface area contributed by atoms with Gasteiger partial charge >= 0.3 is 0 Å². The van der Waals surface area contributed by atoms with E-state index in [4.69, 9.17) is 4.74 Å². The molecule has 1 atom stereocenters. The Balaban J connectivity index is 1.88. The smallest absolute Gasteiger partial charge is 0.153 e. The van der Waals surface area contributed by atoms with Gasteiger partial charge in [-0.15, -0.1) is 0 Å². The van der Waals surface area contributed by atoms with Crippen LogP contribution in [0.2, 0.25) is 0 Å². The highest BCUT2D eigenvalue weighted by Gasteiger charge is 2.23. The second kappa shape index (κ2) is 4.65. The Morgan fingerprint density at radius 2 is 1.83 bits per heavy atom. The summed E-state index contributed by atoms with van der Waals surface area (Å²) in [5, 5.41) is 0. The quantitative estimate of drug-likeness (QED) is 0.764. The Hall–Kier alpha value is -2.09. The van der Waals surface area contributed by atoms with Crippen LogP contribution in [0.5, 0.6) is 5.75 Å². The van der Waals surface area contributed by atoms with E-state index in [1.807, 2.05) is 24.3 Å². The zero-order valence-electron chi connectivity index (χ0n) is 10.0. The van der Waals surface area contributed by atoms with Gasteiger partial charge in [-0.3, -0.25) is 4.79 Å². The molecule has 0 radical (unpaired) electrons. The summed E-state index contributed by atoms with van der Waals surface area (Å²) in [5.74, 6) is 0.675. The molecule has 2 nitrogen and oxygen atoms in total. The fraction of sp³-hybridized carbons (Fsp3) is 0.188. The van der Waals surface area contributed by atoms with Gasteiger partial charge in [0.1, 0.15) is 11.9 Å². The van der Waals surface area contributed by atoms with E-state index in [9.17, 15) is 4.79 Å². The SMILES string of the molecule is O=Cc1ccccc1OC1CCc2ccccc21. The summed E-state index contributed by atoms with van der Waals surface area (Å²) in [7, 11) is 0. The zero-order chi connectivity index (χ0) is 12.4. The molecule has 3 rings (SSSR count). The first-order valence-electron chi connectivity index (χ1n) is 6.17. The second-order valence-electron chi connectivity index (χ2n) is 4.50. The topological polar surface area (TPSA) is 26.3 Å². The Kier molecular flexibility index (Phi) is 2.85. The lowest BCUT2D eigenvalue weighted by atomic mass is 10.1. The summed E-state index contributed by atoms with van der Waals surface area (Å²) in [6.45, 7) is 0. The van der Waals surface area contributed by atoms with Gasteiger partial charge in [-0.1, -0.05) is 36.4 Å². The van der Waals surface area contributed by atoms with Crippen molar-refractivity contribution >= 4 is 6.29 Å². The molecule has 0 saturated carbocycles. The predicted octanol–water partition coefficient (Wildman–Crippen LogP) is 3.57. The van der Waals surface area contributed by atoms with Crippen molar-refractivity contribution in [1.82, 2.24) is 0 Å². The largest absolute Gasteiger partial charge is 0.485 e. The highest BCUT2D eigenvalue weighted by molar-refractivity contribution is 5.79. The first-order chi connectivity index (χ1) is 8.88. The molecule has 1 unspecified atom stereocenters. The van der Waals surface area contributed by atoms with Gasteiger partial charge in [0, 0.05) is 0 Å². The van der Waals surface area contributed by atoms with Crippen molar-refractivity contribution < 1.29 is 9.53 Å². The van der Waals surface area contributed by atoms with Crippen LogP contribution in [0.25, 0.3) is 0 Å². The van der Waals surface area contributed by atoms with Crippen LogP contribution in [0.15, 0.2) is 48.5 Å². The third-order valence-electron chi connectivity index (χ3n) is 3.39. The molecule has 2 aromatic carbocycles. The van der Waals surface area contributed by atoms with Gasteiger partial charge in [-0.2, -0.15) is 0 Å². The van der Waals surface area contributed by atoms with Crippen LogP contribution in [0.3, 0.4) is 0 Å². The van der Waals surface area contributed by atoms with E-state index in [0.717, 1.165) is 19.1 Å². The highest BCUT2D eigenvalue weighted by atomic mass is 16.5. The van der Waals surface area contributed by atoms with Gasteiger partial charge in [0.2, 0.25) is 0 Å². The number of aryl methyl sites for hydroxylation is 1. The molecule has 1 aliphatic rings. The number of ether oxygens (including phenoxy) is 1. The number of para-hydroxylation sites is 1. The van der Waals surface area contributed by atoms with Crippen LogP contribution in [-0.4, -0.2) is 6.29 Å². The zero-order valence-corrected chi connectivity index (χ0v) is 10.0. The lowest BCUT2D eigenvalue weighted by Gasteiger charge is -2.16. The molecule has 0 saturated heterocycles. The maximum absolute atomic E-state index is 11.0. The minimum Gasteiger partial charge on any atom is -0.485 e. The average Bonchev–Trinajstić information content (AvgIpc) is 2.83. The molecule has 1 aliphatic carbocycles. The molecule has 0 N–H and O–H groups in total. The van der Waals surface area contributed by atoms with Crippen molar-refractivity contribution in [3.63, 3.8) is 0 Å². The third-order valence-corrected chi connectivity index (χ3v) is 3.39. The van der Waals surface area contributed by atoms with E-state index in [1.54, 1.807) is 6.07 Å². The van der Waals surface area contributed by atoms with Gasteiger partial charge < -0.3 is 4.74 Å². The maximum atomic E-state index is 11.0. The second-order valence-corrected chi connectivity index (χ2v) is 4.50. The Morgan fingerprint density at radius 1 is 1.06 bits per heavy atom. The average molecular weight is 238 g/mol.